The second-order valence-corrected chi connectivity index (χ2v) is 4.57. The van der Waals surface area contributed by atoms with Crippen LogP contribution >= 0.6 is 0 Å². The van der Waals surface area contributed by atoms with E-state index >= 15 is 0 Å². The maximum Gasteiger partial charge on any atom is 0.221 e. The third kappa shape index (κ3) is 5.03. The molecular weight excluding hydrogens is 242 g/mol. The standard InChI is InChI=1S/C14H25N3O2/c1-6-12-16-13(15-7-2)11(5)14(17-12)19-9-8-18-10(3)4/h10H,6-9H2,1-5H3,(H,15,16,17). The third-order valence-electron chi connectivity index (χ3n) is 2.58. The van der Waals surface area contributed by atoms with Gasteiger partial charge in [0, 0.05) is 13.0 Å². The van der Waals surface area contributed by atoms with Crippen LogP contribution in [0, 0.1) is 6.92 Å². The van der Waals surface area contributed by atoms with Crippen LogP contribution in [0.2, 0.25) is 0 Å². The van der Waals surface area contributed by atoms with Crippen LogP contribution in [-0.4, -0.2) is 35.8 Å². The molecule has 0 aliphatic heterocycles. The molecule has 0 aliphatic carbocycles. The minimum Gasteiger partial charge on any atom is -0.475 e. The monoisotopic (exact) mass is 267 g/mol. The smallest absolute Gasteiger partial charge is 0.221 e. The zero-order valence-corrected chi connectivity index (χ0v) is 12.6. The van der Waals surface area contributed by atoms with Crippen LogP contribution in [0.3, 0.4) is 0 Å². The molecule has 1 aromatic rings. The maximum atomic E-state index is 5.70. The highest BCUT2D eigenvalue weighted by Gasteiger charge is 2.10. The summed E-state index contributed by atoms with van der Waals surface area (Å²) >= 11 is 0. The van der Waals surface area contributed by atoms with Gasteiger partial charge >= 0.3 is 0 Å². The van der Waals surface area contributed by atoms with Crippen LogP contribution in [0.4, 0.5) is 5.82 Å². The Labute approximate surface area is 115 Å². The molecule has 0 aliphatic rings. The Balaban J connectivity index is 2.72. The highest BCUT2D eigenvalue weighted by molar-refractivity contribution is 5.48. The van der Waals surface area contributed by atoms with E-state index in [1.54, 1.807) is 0 Å². The summed E-state index contributed by atoms with van der Waals surface area (Å²) in [5.74, 6) is 2.30. The first-order valence-electron chi connectivity index (χ1n) is 6.94. The first kappa shape index (κ1) is 15.7. The van der Waals surface area contributed by atoms with Crippen molar-refractivity contribution in [1.29, 1.82) is 0 Å². The first-order valence-corrected chi connectivity index (χ1v) is 6.94. The molecule has 0 saturated heterocycles. The predicted molar refractivity (Wildman–Crippen MR) is 76.9 cm³/mol. The quantitative estimate of drug-likeness (QED) is 0.734. The molecule has 1 rings (SSSR count). The molecule has 0 atom stereocenters. The molecule has 0 fully saturated rings. The van der Waals surface area contributed by atoms with Crippen molar-refractivity contribution in [2.45, 2.75) is 47.1 Å². The Bertz CT molecular complexity index is 395. The molecule has 1 N–H and O–H groups in total. The van der Waals surface area contributed by atoms with Crippen molar-refractivity contribution in [3.63, 3.8) is 0 Å². The summed E-state index contributed by atoms with van der Waals surface area (Å²) in [7, 11) is 0. The molecule has 108 valence electrons. The van der Waals surface area contributed by atoms with Gasteiger partial charge in [0.2, 0.25) is 5.88 Å². The molecular formula is C14H25N3O2. The fourth-order valence-electron chi connectivity index (χ4n) is 1.60. The van der Waals surface area contributed by atoms with Crippen molar-refractivity contribution in [2.24, 2.45) is 0 Å². The van der Waals surface area contributed by atoms with E-state index in [1.807, 2.05) is 34.6 Å². The lowest BCUT2D eigenvalue weighted by Gasteiger charge is -2.14. The van der Waals surface area contributed by atoms with Crippen molar-refractivity contribution in [3.8, 4) is 5.88 Å². The van der Waals surface area contributed by atoms with E-state index in [1.165, 1.54) is 0 Å². The molecule has 0 unspecified atom stereocenters. The lowest BCUT2D eigenvalue weighted by Crippen LogP contribution is -2.14. The van der Waals surface area contributed by atoms with Crippen molar-refractivity contribution in [1.82, 2.24) is 9.97 Å². The first-order chi connectivity index (χ1) is 9.08. The molecule has 0 radical (unpaired) electrons. The van der Waals surface area contributed by atoms with Crippen LogP contribution in [0.25, 0.3) is 0 Å². The second kappa shape index (κ2) is 7.94. The molecule has 0 bridgehead atoms. The Morgan fingerprint density at radius 1 is 1.16 bits per heavy atom. The summed E-state index contributed by atoms with van der Waals surface area (Å²) in [5, 5.41) is 3.24. The Morgan fingerprint density at radius 3 is 2.47 bits per heavy atom. The average Bonchev–Trinajstić information content (AvgIpc) is 2.38. The Kier molecular flexibility index (Phi) is 6.56. The van der Waals surface area contributed by atoms with Crippen molar-refractivity contribution < 1.29 is 9.47 Å². The number of rotatable bonds is 8. The summed E-state index contributed by atoms with van der Waals surface area (Å²) in [6, 6.07) is 0. The molecule has 5 nitrogen and oxygen atoms in total. The largest absolute Gasteiger partial charge is 0.475 e. The maximum absolute atomic E-state index is 5.70. The summed E-state index contributed by atoms with van der Waals surface area (Å²) in [4.78, 5) is 8.89. The average molecular weight is 267 g/mol. The molecule has 0 spiro atoms. The van der Waals surface area contributed by atoms with Gasteiger partial charge in [0.25, 0.3) is 0 Å². The number of nitrogens with zero attached hydrogens (tertiary/aromatic N) is 2. The van der Waals surface area contributed by atoms with Gasteiger partial charge in [0.15, 0.2) is 0 Å². The Hall–Kier alpha value is -1.36. The highest BCUT2D eigenvalue weighted by Crippen LogP contribution is 2.22. The summed E-state index contributed by atoms with van der Waals surface area (Å²) in [6.45, 7) is 12.0. The van der Waals surface area contributed by atoms with E-state index in [4.69, 9.17) is 9.47 Å². The molecule has 5 heteroatoms. The fourth-order valence-corrected chi connectivity index (χ4v) is 1.60. The van der Waals surface area contributed by atoms with Crippen molar-refractivity contribution in [3.05, 3.63) is 11.4 Å². The van der Waals surface area contributed by atoms with E-state index in [-0.39, 0.29) is 6.10 Å². The molecule has 0 aromatic carbocycles. The van der Waals surface area contributed by atoms with Crippen LogP contribution < -0.4 is 10.1 Å². The van der Waals surface area contributed by atoms with E-state index < -0.39 is 0 Å². The SMILES string of the molecule is CCNc1nc(CC)nc(OCCOC(C)C)c1C. The third-order valence-corrected chi connectivity index (χ3v) is 2.58. The molecule has 1 heterocycles. The molecule has 1 aromatic heterocycles. The minimum absolute atomic E-state index is 0.221. The summed E-state index contributed by atoms with van der Waals surface area (Å²) in [6.07, 6.45) is 1.01. The van der Waals surface area contributed by atoms with Crippen molar-refractivity contribution >= 4 is 5.82 Å². The van der Waals surface area contributed by atoms with Gasteiger partial charge in [-0.3, -0.25) is 0 Å². The number of hydrogen-bond donors (Lipinski definition) is 1. The van der Waals surface area contributed by atoms with Crippen LogP contribution in [0.1, 0.15) is 39.1 Å². The van der Waals surface area contributed by atoms with E-state index in [9.17, 15) is 0 Å². The lowest BCUT2D eigenvalue weighted by molar-refractivity contribution is 0.0540. The topological polar surface area (TPSA) is 56.3 Å². The predicted octanol–water partition coefficient (Wildman–Crippen LogP) is 2.58. The minimum atomic E-state index is 0.221. The Morgan fingerprint density at radius 2 is 1.89 bits per heavy atom. The van der Waals surface area contributed by atoms with Gasteiger partial charge in [-0.15, -0.1) is 0 Å². The van der Waals surface area contributed by atoms with Gasteiger partial charge < -0.3 is 14.8 Å². The highest BCUT2D eigenvalue weighted by atomic mass is 16.5. The molecule has 19 heavy (non-hydrogen) atoms. The van der Waals surface area contributed by atoms with Gasteiger partial charge in [-0.1, -0.05) is 6.92 Å². The van der Waals surface area contributed by atoms with E-state index in [0.717, 1.165) is 30.2 Å². The van der Waals surface area contributed by atoms with Crippen LogP contribution in [-0.2, 0) is 11.2 Å². The summed E-state index contributed by atoms with van der Waals surface area (Å²) < 4.78 is 11.2. The van der Waals surface area contributed by atoms with E-state index in [2.05, 4.69) is 15.3 Å². The van der Waals surface area contributed by atoms with Crippen LogP contribution in [0.5, 0.6) is 5.88 Å². The van der Waals surface area contributed by atoms with Gasteiger partial charge in [-0.2, -0.15) is 4.98 Å². The number of anilines is 1. The van der Waals surface area contributed by atoms with Crippen LogP contribution in [0.15, 0.2) is 0 Å². The zero-order chi connectivity index (χ0) is 14.3. The second-order valence-electron chi connectivity index (χ2n) is 4.57. The number of ether oxygens (including phenoxy) is 2. The van der Waals surface area contributed by atoms with Crippen molar-refractivity contribution in [2.75, 3.05) is 25.1 Å². The lowest BCUT2D eigenvalue weighted by atomic mass is 10.3. The number of nitrogens with one attached hydrogen (secondary N) is 1. The molecule has 0 saturated carbocycles. The number of aryl methyl sites for hydroxylation is 1. The zero-order valence-electron chi connectivity index (χ0n) is 12.6. The molecule has 0 amide bonds. The number of aromatic nitrogens is 2. The number of hydrogen-bond acceptors (Lipinski definition) is 5. The fraction of sp³-hybridized carbons (Fsp3) is 0.714. The normalized spacial score (nSPS) is 10.8. The van der Waals surface area contributed by atoms with Gasteiger partial charge in [-0.25, -0.2) is 4.98 Å². The summed E-state index contributed by atoms with van der Waals surface area (Å²) in [5.41, 5.74) is 0.948. The van der Waals surface area contributed by atoms with E-state index in [0.29, 0.717) is 19.1 Å². The van der Waals surface area contributed by atoms with Gasteiger partial charge in [0.1, 0.15) is 18.2 Å². The van der Waals surface area contributed by atoms with Gasteiger partial charge in [0.05, 0.1) is 18.3 Å². The van der Waals surface area contributed by atoms with Gasteiger partial charge in [-0.05, 0) is 27.7 Å².